The standard InChI is InChI=1S/C14H15F7O2/c1-2-7-23-11-6-4-3-5-9(11)10(22)8-12(15,13(16,17)18)14(19,20)21/h3-6,10,22H,2,7-8H2,1H3. The Bertz CT molecular complexity index is 497. The molecule has 1 N–H and O–H groups in total. The van der Waals surface area contributed by atoms with Gasteiger partial charge in [-0.25, -0.2) is 4.39 Å². The first kappa shape index (κ1) is 19.5. The van der Waals surface area contributed by atoms with Crippen molar-refractivity contribution in [3.63, 3.8) is 0 Å². The zero-order chi connectivity index (χ0) is 17.9. The van der Waals surface area contributed by atoms with E-state index in [4.69, 9.17) is 4.74 Å². The van der Waals surface area contributed by atoms with Crippen LogP contribution in [0.1, 0.15) is 31.4 Å². The van der Waals surface area contributed by atoms with Gasteiger partial charge in [-0.15, -0.1) is 0 Å². The zero-order valence-corrected chi connectivity index (χ0v) is 12.0. The molecule has 0 aromatic heterocycles. The van der Waals surface area contributed by atoms with E-state index in [1.54, 1.807) is 6.92 Å². The summed E-state index contributed by atoms with van der Waals surface area (Å²) < 4.78 is 94.1. The molecule has 1 aromatic carbocycles. The van der Waals surface area contributed by atoms with E-state index in [0.29, 0.717) is 6.42 Å². The molecule has 0 spiro atoms. The molecule has 1 aromatic rings. The minimum absolute atomic E-state index is 0.0893. The summed E-state index contributed by atoms with van der Waals surface area (Å²) in [6, 6.07) is 5.08. The molecular weight excluding hydrogens is 333 g/mol. The van der Waals surface area contributed by atoms with Gasteiger partial charge in [0, 0.05) is 12.0 Å². The highest BCUT2D eigenvalue weighted by Crippen LogP contribution is 2.51. The third-order valence-corrected chi connectivity index (χ3v) is 3.11. The monoisotopic (exact) mass is 348 g/mol. The molecule has 0 aliphatic rings. The average Bonchev–Trinajstić information content (AvgIpc) is 2.42. The number of hydrogen-bond acceptors (Lipinski definition) is 2. The quantitative estimate of drug-likeness (QED) is 0.753. The lowest BCUT2D eigenvalue weighted by atomic mass is 9.92. The molecule has 0 bridgehead atoms. The predicted molar refractivity (Wildman–Crippen MR) is 67.8 cm³/mol. The van der Waals surface area contributed by atoms with Crippen LogP contribution in [0.4, 0.5) is 30.7 Å². The first-order chi connectivity index (χ1) is 10.4. The van der Waals surface area contributed by atoms with Crippen molar-refractivity contribution >= 4 is 0 Å². The van der Waals surface area contributed by atoms with Gasteiger partial charge < -0.3 is 9.84 Å². The highest BCUT2D eigenvalue weighted by molar-refractivity contribution is 5.35. The van der Waals surface area contributed by atoms with Crippen LogP contribution in [0.5, 0.6) is 5.75 Å². The van der Waals surface area contributed by atoms with Gasteiger partial charge in [-0.05, 0) is 12.5 Å². The van der Waals surface area contributed by atoms with Crippen LogP contribution in [0.25, 0.3) is 0 Å². The molecule has 0 fully saturated rings. The van der Waals surface area contributed by atoms with Gasteiger partial charge in [0.15, 0.2) is 0 Å². The van der Waals surface area contributed by atoms with Crippen LogP contribution in [0.2, 0.25) is 0 Å². The smallest absolute Gasteiger partial charge is 0.431 e. The summed E-state index contributed by atoms with van der Waals surface area (Å²) in [5, 5.41) is 9.74. The Labute approximate surface area is 127 Å². The number of aliphatic hydroxyl groups is 1. The van der Waals surface area contributed by atoms with Crippen LogP contribution in [-0.4, -0.2) is 29.7 Å². The third-order valence-electron chi connectivity index (χ3n) is 3.11. The van der Waals surface area contributed by atoms with Crippen molar-refractivity contribution in [1.82, 2.24) is 0 Å². The Balaban J connectivity index is 3.12. The van der Waals surface area contributed by atoms with Crippen molar-refractivity contribution < 1.29 is 40.6 Å². The predicted octanol–water partition coefficient (Wildman–Crippen LogP) is 4.73. The summed E-state index contributed by atoms with van der Waals surface area (Å²) in [6.07, 6.45) is -16.4. The van der Waals surface area contributed by atoms with Crippen LogP contribution in [0, 0.1) is 0 Å². The molecule has 132 valence electrons. The Kier molecular flexibility index (Phi) is 5.89. The number of hydrogen-bond donors (Lipinski definition) is 1. The summed E-state index contributed by atoms with van der Waals surface area (Å²) in [5.41, 5.74) is -5.85. The Morgan fingerprint density at radius 2 is 1.52 bits per heavy atom. The van der Waals surface area contributed by atoms with Crippen molar-refractivity contribution in [1.29, 1.82) is 0 Å². The van der Waals surface area contributed by atoms with Gasteiger partial charge in [-0.2, -0.15) is 26.3 Å². The first-order valence-corrected chi connectivity index (χ1v) is 6.66. The van der Waals surface area contributed by atoms with E-state index in [1.165, 1.54) is 18.2 Å². The second-order valence-electron chi connectivity index (χ2n) is 4.90. The van der Waals surface area contributed by atoms with Crippen molar-refractivity contribution in [2.45, 2.75) is 43.9 Å². The van der Waals surface area contributed by atoms with Gasteiger partial charge in [-0.3, -0.25) is 0 Å². The second kappa shape index (κ2) is 6.94. The molecule has 2 nitrogen and oxygen atoms in total. The zero-order valence-electron chi connectivity index (χ0n) is 12.0. The molecule has 0 heterocycles. The Morgan fingerprint density at radius 1 is 1.00 bits per heavy atom. The molecule has 0 radical (unpaired) electrons. The summed E-state index contributed by atoms with van der Waals surface area (Å²) in [5.74, 6) is -0.0893. The van der Waals surface area contributed by atoms with E-state index < -0.39 is 30.5 Å². The Hall–Kier alpha value is -1.51. The fourth-order valence-corrected chi connectivity index (χ4v) is 1.87. The maximum atomic E-state index is 13.7. The molecule has 0 aliphatic carbocycles. The number of aliphatic hydroxyl groups excluding tert-OH is 1. The van der Waals surface area contributed by atoms with Crippen LogP contribution >= 0.6 is 0 Å². The molecule has 0 amide bonds. The topological polar surface area (TPSA) is 29.5 Å². The molecule has 23 heavy (non-hydrogen) atoms. The molecule has 0 aliphatic heterocycles. The van der Waals surface area contributed by atoms with Crippen LogP contribution in [0.15, 0.2) is 24.3 Å². The fourth-order valence-electron chi connectivity index (χ4n) is 1.87. The Morgan fingerprint density at radius 3 is 2.00 bits per heavy atom. The van der Waals surface area contributed by atoms with Gasteiger partial charge in [0.25, 0.3) is 0 Å². The summed E-state index contributed by atoms with van der Waals surface area (Å²) in [6.45, 7) is 1.88. The van der Waals surface area contributed by atoms with E-state index in [2.05, 4.69) is 0 Å². The van der Waals surface area contributed by atoms with E-state index in [1.807, 2.05) is 0 Å². The largest absolute Gasteiger partial charge is 0.493 e. The number of alkyl halides is 7. The average molecular weight is 348 g/mol. The van der Waals surface area contributed by atoms with Gasteiger partial charge in [0.05, 0.1) is 12.7 Å². The lowest BCUT2D eigenvalue weighted by molar-refractivity contribution is -0.347. The van der Waals surface area contributed by atoms with Crippen LogP contribution in [-0.2, 0) is 0 Å². The molecule has 0 saturated heterocycles. The normalized spacial score (nSPS) is 14.7. The highest BCUT2D eigenvalue weighted by atomic mass is 19.4. The molecule has 1 atom stereocenters. The number of benzene rings is 1. The number of rotatable bonds is 6. The molecule has 1 unspecified atom stereocenters. The molecule has 9 heteroatoms. The van der Waals surface area contributed by atoms with Gasteiger partial charge in [0.2, 0.25) is 0 Å². The van der Waals surface area contributed by atoms with Crippen LogP contribution in [0.3, 0.4) is 0 Å². The maximum absolute atomic E-state index is 13.7. The highest BCUT2D eigenvalue weighted by Gasteiger charge is 2.72. The van der Waals surface area contributed by atoms with E-state index in [9.17, 15) is 35.8 Å². The third kappa shape index (κ3) is 4.27. The van der Waals surface area contributed by atoms with Gasteiger partial charge in [0.1, 0.15) is 5.75 Å². The number of halogens is 7. The fraction of sp³-hybridized carbons (Fsp3) is 0.571. The minimum atomic E-state index is -6.20. The summed E-state index contributed by atoms with van der Waals surface area (Å²) in [4.78, 5) is 0. The lowest BCUT2D eigenvalue weighted by Gasteiger charge is -2.31. The van der Waals surface area contributed by atoms with Crippen molar-refractivity contribution in [2.75, 3.05) is 6.61 Å². The summed E-state index contributed by atoms with van der Waals surface area (Å²) >= 11 is 0. The number of ether oxygens (including phenoxy) is 1. The van der Waals surface area contributed by atoms with E-state index in [-0.39, 0.29) is 17.9 Å². The summed E-state index contributed by atoms with van der Waals surface area (Å²) in [7, 11) is 0. The van der Waals surface area contributed by atoms with Gasteiger partial charge >= 0.3 is 18.0 Å². The van der Waals surface area contributed by atoms with Gasteiger partial charge in [-0.1, -0.05) is 25.1 Å². The maximum Gasteiger partial charge on any atom is 0.431 e. The van der Waals surface area contributed by atoms with Crippen LogP contribution < -0.4 is 4.74 Å². The lowest BCUT2D eigenvalue weighted by Crippen LogP contribution is -2.54. The molecule has 1 rings (SSSR count). The SMILES string of the molecule is CCCOc1ccccc1C(O)CC(F)(C(F)(F)F)C(F)(F)F. The first-order valence-electron chi connectivity index (χ1n) is 6.66. The number of para-hydroxylation sites is 1. The minimum Gasteiger partial charge on any atom is -0.493 e. The van der Waals surface area contributed by atoms with E-state index in [0.717, 1.165) is 6.07 Å². The van der Waals surface area contributed by atoms with Crippen molar-refractivity contribution in [3.05, 3.63) is 29.8 Å². The van der Waals surface area contributed by atoms with E-state index >= 15 is 0 Å². The van der Waals surface area contributed by atoms with Crippen molar-refractivity contribution in [2.24, 2.45) is 0 Å². The second-order valence-corrected chi connectivity index (χ2v) is 4.90. The van der Waals surface area contributed by atoms with Crippen molar-refractivity contribution in [3.8, 4) is 5.75 Å². The molecule has 0 saturated carbocycles. The molecular formula is C14H15F7O2.